The van der Waals surface area contributed by atoms with Crippen molar-refractivity contribution in [1.82, 2.24) is 10.2 Å². The second-order valence-electron chi connectivity index (χ2n) is 5.40. The lowest BCUT2D eigenvalue weighted by Gasteiger charge is -2.29. The van der Waals surface area contributed by atoms with Crippen LogP contribution in [0.5, 0.6) is 11.5 Å². The molecule has 0 aromatic heterocycles. The number of para-hydroxylation sites is 1. The number of likely N-dealkylation sites (N-methyl/N-ethyl adjacent to an activating group) is 1. The van der Waals surface area contributed by atoms with Gasteiger partial charge in [0.2, 0.25) is 12.3 Å². The Hall–Kier alpha value is -2.28. The number of rotatable bonds is 5. The molecule has 2 amide bonds. The van der Waals surface area contributed by atoms with E-state index in [-0.39, 0.29) is 17.5 Å². The number of piperidine rings is 1. The van der Waals surface area contributed by atoms with Crippen molar-refractivity contribution in [2.75, 3.05) is 20.1 Å². The van der Waals surface area contributed by atoms with E-state index < -0.39 is 5.91 Å². The molecule has 7 heteroatoms. The number of nitrogens with one attached hydrogen (secondary N) is 1. The van der Waals surface area contributed by atoms with Crippen LogP contribution in [-0.2, 0) is 16.0 Å². The molecule has 1 aliphatic rings. The molecule has 1 aromatic rings. The summed E-state index contributed by atoms with van der Waals surface area (Å²) in [4.78, 5) is 22.6. The van der Waals surface area contributed by atoms with E-state index in [9.17, 15) is 14.7 Å². The number of nitrogens with two attached hydrogens (primary N) is 1. The fourth-order valence-electron chi connectivity index (χ4n) is 2.42. The Morgan fingerprint density at radius 1 is 1.43 bits per heavy atom. The van der Waals surface area contributed by atoms with Gasteiger partial charge in [-0.25, -0.2) is 0 Å². The Labute approximate surface area is 136 Å². The van der Waals surface area contributed by atoms with Gasteiger partial charge in [-0.2, -0.15) is 0 Å². The highest BCUT2D eigenvalue weighted by molar-refractivity contribution is 5.82. The van der Waals surface area contributed by atoms with Crippen LogP contribution in [-0.4, -0.2) is 53.6 Å². The topological polar surface area (TPSA) is 116 Å². The van der Waals surface area contributed by atoms with Gasteiger partial charge >= 0.3 is 0 Å². The van der Waals surface area contributed by atoms with Crippen molar-refractivity contribution >= 4 is 12.3 Å². The molecule has 23 heavy (non-hydrogen) atoms. The lowest BCUT2D eigenvalue weighted by atomic mass is 10.0. The van der Waals surface area contributed by atoms with Gasteiger partial charge in [0, 0.05) is 6.54 Å². The number of phenols is 2. The molecule has 1 saturated heterocycles. The minimum absolute atomic E-state index is 0.00671. The third-order valence-corrected chi connectivity index (χ3v) is 3.75. The molecule has 1 unspecified atom stereocenters. The van der Waals surface area contributed by atoms with Crippen molar-refractivity contribution in [3.05, 3.63) is 23.8 Å². The second-order valence-corrected chi connectivity index (χ2v) is 5.40. The highest BCUT2D eigenvalue weighted by Crippen LogP contribution is 2.28. The number of likely N-dealkylation sites (tertiary alicyclic amines) is 1. The van der Waals surface area contributed by atoms with Gasteiger partial charge < -0.3 is 26.2 Å². The molecule has 5 N–H and O–H groups in total. The van der Waals surface area contributed by atoms with Crippen LogP contribution >= 0.6 is 0 Å². The lowest BCUT2D eigenvalue weighted by Crippen LogP contribution is -2.46. The van der Waals surface area contributed by atoms with E-state index in [0.29, 0.717) is 19.4 Å². The summed E-state index contributed by atoms with van der Waals surface area (Å²) in [6.07, 6.45) is 4.10. The van der Waals surface area contributed by atoms with Crippen molar-refractivity contribution in [1.29, 1.82) is 0 Å². The number of hydrogen-bond donors (Lipinski definition) is 4. The number of hydrogen-bond acceptors (Lipinski definition) is 5. The summed E-state index contributed by atoms with van der Waals surface area (Å²) in [6, 6.07) is 4.63. The molecule has 128 valence electrons. The van der Waals surface area contributed by atoms with Gasteiger partial charge in [0.05, 0.1) is 0 Å². The highest BCUT2D eigenvalue weighted by Gasteiger charge is 2.24. The molecule has 0 saturated carbocycles. The van der Waals surface area contributed by atoms with Crippen molar-refractivity contribution < 1.29 is 19.8 Å². The predicted octanol–water partition coefficient (Wildman–Crippen LogP) is 0.342. The molecule has 1 aromatic carbocycles. The summed E-state index contributed by atoms with van der Waals surface area (Å²) in [5.41, 5.74) is 5.86. The van der Waals surface area contributed by atoms with Crippen LogP contribution in [0.15, 0.2) is 18.2 Å². The first kappa shape index (κ1) is 18.8. The maximum atomic E-state index is 10.7. The maximum Gasteiger partial charge on any atom is 0.240 e. The first-order valence-electron chi connectivity index (χ1n) is 7.66. The monoisotopic (exact) mass is 323 g/mol. The third kappa shape index (κ3) is 5.78. The van der Waals surface area contributed by atoms with Crippen LogP contribution in [0.4, 0.5) is 0 Å². The second kappa shape index (κ2) is 9.68. The molecule has 1 aliphatic heterocycles. The van der Waals surface area contributed by atoms with Crippen LogP contribution in [0.3, 0.4) is 0 Å². The smallest absolute Gasteiger partial charge is 0.240 e. The maximum absolute atomic E-state index is 10.7. The Morgan fingerprint density at radius 3 is 2.74 bits per heavy atom. The molecule has 0 bridgehead atoms. The van der Waals surface area contributed by atoms with Crippen LogP contribution in [0.2, 0.25) is 0 Å². The Morgan fingerprint density at radius 2 is 2.17 bits per heavy atom. The first-order chi connectivity index (χ1) is 11.0. The van der Waals surface area contributed by atoms with Gasteiger partial charge in [0.25, 0.3) is 0 Å². The summed E-state index contributed by atoms with van der Waals surface area (Å²) in [5, 5.41) is 21.4. The van der Waals surface area contributed by atoms with Crippen LogP contribution < -0.4 is 11.1 Å². The number of nitrogens with zero attached hydrogens (tertiary/aromatic N) is 1. The highest BCUT2D eigenvalue weighted by atomic mass is 16.3. The number of primary amides is 1. The standard InChI is InChI=1S/C9H13NO2.C7H12N2O2/c1-10-6-5-7-3-2-4-8(11)9(7)12;8-7(11)6-3-1-2-4-9(6)5-10/h2-4,10-12H,5-6H2,1H3;5-6H,1-4H2,(H2,8,11). The SMILES string of the molecule is CNCCc1cccc(O)c1O.NC(=O)C1CCCCN1C=O. The molecule has 1 heterocycles. The Bertz CT molecular complexity index is 522. The molecular formula is C16H25N3O4. The van der Waals surface area contributed by atoms with Crippen molar-refractivity contribution in [2.45, 2.75) is 31.7 Å². The summed E-state index contributed by atoms with van der Waals surface area (Å²) in [7, 11) is 1.85. The number of benzene rings is 1. The quantitative estimate of drug-likeness (QED) is 0.461. The van der Waals surface area contributed by atoms with Crippen LogP contribution in [0.1, 0.15) is 24.8 Å². The normalized spacial score (nSPS) is 17.1. The number of amides is 2. The zero-order valence-corrected chi connectivity index (χ0v) is 13.4. The van der Waals surface area contributed by atoms with Crippen molar-refractivity contribution in [3.63, 3.8) is 0 Å². The van der Waals surface area contributed by atoms with E-state index in [1.807, 2.05) is 7.05 Å². The van der Waals surface area contributed by atoms with Crippen molar-refractivity contribution in [3.8, 4) is 11.5 Å². The van der Waals surface area contributed by atoms with E-state index >= 15 is 0 Å². The minimum Gasteiger partial charge on any atom is -0.504 e. The summed E-state index contributed by atoms with van der Waals surface area (Å²) >= 11 is 0. The van der Waals surface area contributed by atoms with Gasteiger partial charge in [-0.3, -0.25) is 9.59 Å². The molecule has 0 radical (unpaired) electrons. The average molecular weight is 323 g/mol. The third-order valence-electron chi connectivity index (χ3n) is 3.75. The molecule has 0 spiro atoms. The largest absolute Gasteiger partial charge is 0.504 e. The van der Waals surface area contributed by atoms with Gasteiger partial charge in [-0.05, 0) is 50.9 Å². The van der Waals surface area contributed by atoms with Crippen molar-refractivity contribution in [2.24, 2.45) is 5.73 Å². The first-order valence-corrected chi connectivity index (χ1v) is 7.66. The van der Waals surface area contributed by atoms with E-state index in [1.165, 1.54) is 11.0 Å². The number of carbonyl (C=O) groups is 2. The molecule has 1 fully saturated rings. The Balaban J connectivity index is 0.000000231. The average Bonchev–Trinajstić information content (AvgIpc) is 2.56. The zero-order chi connectivity index (χ0) is 17.2. The molecule has 2 rings (SSSR count). The molecule has 0 aliphatic carbocycles. The van der Waals surface area contributed by atoms with Gasteiger partial charge in [0.1, 0.15) is 6.04 Å². The summed E-state index contributed by atoms with van der Waals surface area (Å²) < 4.78 is 0. The fourth-order valence-corrected chi connectivity index (χ4v) is 2.42. The van der Waals surface area contributed by atoms with Crippen LogP contribution in [0.25, 0.3) is 0 Å². The minimum atomic E-state index is -0.392. The molecule has 1 atom stereocenters. The summed E-state index contributed by atoms with van der Waals surface area (Å²) in [6.45, 7) is 1.45. The predicted molar refractivity (Wildman–Crippen MR) is 87.0 cm³/mol. The van der Waals surface area contributed by atoms with Gasteiger partial charge in [-0.1, -0.05) is 12.1 Å². The van der Waals surface area contributed by atoms with E-state index in [2.05, 4.69) is 5.32 Å². The number of phenolic OH excluding ortho intramolecular Hbond substituents is 2. The number of aromatic hydroxyl groups is 2. The Kier molecular flexibility index (Phi) is 7.90. The van der Waals surface area contributed by atoms with E-state index in [1.54, 1.807) is 12.1 Å². The van der Waals surface area contributed by atoms with Gasteiger partial charge in [0.15, 0.2) is 11.5 Å². The van der Waals surface area contributed by atoms with E-state index in [4.69, 9.17) is 10.8 Å². The molecular weight excluding hydrogens is 298 g/mol. The zero-order valence-electron chi connectivity index (χ0n) is 13.4. The lowest BCUT2D eigenvalue weighted by molar-refractivity contribution is -0.132. The summed E-state index contributed by atoms with van der Waals surface area (Å²) in [5.74, 6) is -0.451. The number of carbonyl (C=O) groups excluding carboxylic acids is 2. The fraction of sp³-hybridized carbons (Fsp3) is 0.500. The van der Waals surface area contributed by atoms with E-state index in [0.717, 1.165) is 31.4 Å². The molecule has 7 nitrogen and oxygen atoms in total. The van der Waals surface area contributed by atoms with Crippen LogP contribution in [0, 0.1) is 0 Å². The van der Waals surface area contributed by atoms with Gasteiger partial charge in [-0.15, -0.1) is 0 Å².